The third-order valence-corrected chi connectivity index (χ3v) is 20.3. The van der Waals surface area contributed by atoms with Crippen molar-refractivity contribution in [2.24, 2.45) is 0 Å². The lowest BCUT2D eigenvalue weighted by Gasteiger charge is -2.34. The van der Waals surface area contributed by atoms with Gasteiger partial charge in [0.1, 0.15) is 17.3 Å². The van der Waals surface area contributed by atoms with Gasteiger partial charge in [0.2, 0.25) is 0 Å². The third-order valence-electron chi connectivity index (χ3n) is 15.5. The molecule has 0 saturated heterocycles. The summed E-state index contributed by atoms with van der Waals surface area (Å²) in [5, 5.41) is 6.33. The molecule has 0 spiro atoms. The van der Waals surface area contributed by atoms with E-state index < -0.39 is 68.5 Å². The molecular formula is C76H58N4OSi. The molecular weight excluding hydrogens is 1010 g/mol. The van der Waals surface area contributed by atoms with Crippen molar-refractivity contribution in [3.05, 3.63) is 309 Å². The monoisotopic (exact) mass is 1080 g/mol. The van der Waals surface area contributed by atoms with E-state index in [9.17, 15) is 5.48 Å². The van der Waals surface area contributed by atoms with Crippen molar-refractivity contribution in [1.29, 1.82) is 0 Å². The van der Waals surface area contributed by atoms with Crippen molar-refractivity contribution in [2.45, 2.75) is 26.2 Å². The van der Waals surface area contributed by atoms with Gasteiger partial charge >= 0.3 is 0 Å². The number of nitrogens with zero attached hydrogens (tertiary/aromatic N) is 4. The van der Waals surface area contributed by atoms with Gasteiger partial charge in [0.05, 0.1) is 47.1 Å². The lowest BCUT2D eigenvalue weighted by Crippen LogP contribution is -2.74. The Labute approximate surface area is 494 Å². The molecule has 0 N–H and O–H groups in total. The number of fused-ring (bicyclic) bond motifs is 4. The van der Waals surface area contributed by atoms with Crippen LogP contribution in [0.4, 0.5) is 0 Å². The fraction of sp³-hybridized carbons (Fsp3) is 0.0526. The highest BCUT2D eigenvalue weighted by atomic mass is 28.3. The average Bonchev–Trinajstić information content (AvgIpc) is 1.37. The number of para-hydroxylation sites is 1. The highest BCUT2D eigenvalue weighted by Gasteiger charge is 2.41. The molecule has 3 aromatic heterocycles. The van der Waals surface area contributed by atoms with Gasteiger partial charge in [-0.3, -0.25) is 13.7 Å². The van der Waals surface area contributed by atoms with E-state index in [4.69, 9.17) is 17.9 Å². The van der Waals surface area contributed by atoms with Crippen LogP contribution in [0.1, 0.15) is 40.0 Å². The molecule has 6 heteroatoms. The Balaban J connectivity index is 1.02. The molecule has 0 unspecified atom stereocenters. The van der Waals surface area contributed by atoms with E-state index in [1.807, 2.05) is 126 Å². The van der Waals surface area contributed by atoms with Crippen LogP contribution in [0.25, 0.3) is 83.4 Å². The standard InChI is InChI=1S/C76H58N4OSi/c1-76(2,3)58-46-47-77-74(49-58)80-70-44-40-57(54-24-10-4-11-25-54)48-69(70)68-43-41-61(51-72(68)80)81-60-31-22-30-59(50-60)78-53-79(75-66(55-26-12-5-13-27-55)38-23-39-67(75)56-28-14-6-15-29-56)73-52-65(42-45-71(73)78)82(62-32-16-7-17-33-62,63-34-18-8-19-35-63)64-36-20-9-21-37-64/h4-52H,1-3H3/i5D,6D,12D,13D,14D,15D,26D,27D,28D,29D. The summed E-state index contributed by atoms with van der Waals surface area (Å²) in [6, 6.07) is 71.9. The number of ether oxygens (including phenoxy) is 1. The van der Waals surface area contributed by atoms with E-state index in [1.165, 1.54) is 0 Å². The molecule has 82 heavy (non-hydrogen) atoms. The van der Waals surface area contributed by atoms with Gasteiger partial charge in [0.15, 0.2) is 8.07 Å². The van der Waals surface area contributed by atoms with Crippen LogP contribution in [0, 0.1) is 6.33 Å². The van der Waals surface area contributed by atoms with Gasteiger partial charge in [0, 0.05) is 23.0 Å². The molecule has 14 rings (SSSR count). The Bertz CT molecular complexity index is 5010. The fourth-order valence-corrected chi connectivity index (χ4v) is 16.4. The zero-order valence-corrected chi connectivity index (χ0v) is 46.2. The molecule has 5 nitrogen and oxygen atoms in total. The first-order valence-corrected chi connectivity index (χ1v) is 29.3. The second-order valence-corrected chi connectivity index (χ2v) is 25.2. The normalized spacial score (nSPS) is 13.5. The van der Waals surface area contributed by atoms with Gasteiger partial charge in [0.25, 0.3) is 6.33 Å². The van der Waals surface area contributed by atoms with Crippen molar-refractivity contribution in [1.82, 2.24) is 14.1 Å². The summed E-state index contributed by atoms with van der Waals surface area (Å²) in [5.74, 6) is 1.83. The molecule has 0 aliphatic carbocycles. The molecule has 0 radical (unpaired) electrons. The zero-order chi connectivity index (χ0) is 63.9. The van der Waals surface area contributed by atoms with Crippen LogP contribution in [0.2, 0.25) is 0 Å². The molecule has 0 fully saturated rings. The van der Waals surface area contributed by atoms with Crippen LogP contribution in [-0.4, -0.2) is 22.2 Å². The summed E-state index contributed by atoms with van der Waals surface area (Å²) < 4.78 is 103. The van der Waals surface area contributed by atoms with Crippen molar-refractivity contribution < 1.29 is 23.0 Å². The molecule has 11 aromatic carbocycles. The number of hydrogen-bond donors (Lipinski definition) is 0. The zero-order valence-electron chi connectivity index (χ0n) is 55.2. The Morgan fingerprint density at radius 2 is 1.05 bits per heavy atom. The Hall–Kier alpha value is -10.1. The minimum absolute atomic E-state index is 0.135. The predicted molar refractivity (Wildman–Crippen MR) is 341 cm³/mol. The number of imidazole rings is 1. The Morgan fingerprint density at radius 1 is 0.463 bits per heavy atom. The van der Waals surface area contributed by atoms with Gasteiger partial charge in [-0.1, -0.05) is 251 Å². The van der Waals surface area contributed by atoms with Gasteiger partial charge in [-0.15, -0.1) is 0 Å². The van der Waals surface area contributed by atoms with Crippen LogP contribution < -0.4 is 30.1 Å². The van der Waals surface area contributed by atoms with Crippen molar-refractivity contribution in [2.75, 3.05) is 0 Å². The number of rotatable bonds is 12. The lowest BCUT2D eigenvalue weighted by molar-refractivity contribution is -0.571. The largest absolute Gasteiger partial charge is 0.458 e. The number of pyridine rings is 1. The minimum atomic E-state index is -3.31. The molecule has 0 atom stereocenters. The SMILES string of the molecule is [2H]c1c([2H])c([2H])c(-c2cccc(-c3c([2H])c([2H])c([2H])c([2H])c3[2H])c2-[n+]2[c-]n(-c3cccc(Oc4ccc5c6cc(-c7ccccc7)ccc6n(-c6cc(C(C)(C)C)ccn6)c5c4)c3)c3ccc([Si](c4ccccc4)(c4ccccc4)c4ccccc4)cc32)c([2H])c1[2H]. The van der Waals surface area contributed by atoms with Crippen LogP contribution in [0.3, 0.4) is 0 Å². The van der Waals surface area contributed by atoms with E-state index in [2.05, 4.69) is 129 Å². The summed E-state index contributed by atoms with van der Waals surface area (Å²) in [4.78, 5) is 4.96. The molecule has 0 bridgehead atoms. The average molecular weight is 1080 g/mol. The summed E-state index contributed by atoms with van der Waals surface area (Å²) >= 11 is 0. The number of benzene rings is 11. The van der Waals surface area contributed by atoms with Crippen LogP contribution in [0.5, 0.6) is 11.5 Å². The summed E-state index contributed by atoms with van der Waals surface area (Å²) in [6.45, 7) is 6.57. The Morgan fingerprint density at radius 3 is 1.67 bits per heavy atom. The molecule has 392 valence electrons. The van der Waals surface area contributed by atoms with E-state index in [1.54, 1.807) is 22.8 Å². The number of aromatic nitrogens is 4. The van der Waals surface area contributed by atoms with E-state index in [0.29, 0.717) is 28.2 Å². The summed E-state index contributed by atoms with van der Waals surface area (Å²) in [7, 11) is -3.31. The van der Waals surface area contributed by atoms with Gasteiger partial charge in [-0.2, -0.15) is 0 Å². The lowest BCUT2D eigenvalue weighted by atomic mass is 9.88. The molecule has 0 aliphatic heterocycles. The maximum absolute atomic E-state index is 9.44. The van der Waals surface area contributed by atoms with Crippen LogP contribution in [0.15, 0.2) is 297 Å². The second-order valence-electron chi connectivity index (χ2n) is 21.4. The van der Waals surface area contributed by atoms with Crippen molar-refractivity contribution in [3.8, 4) is 62.1 Å². The fourth-order valence-electron chi connectivity index (χ4n) is 11.7. The smallest absolute Gasteiger partial charge is 0.269 e. The summed E-state index contributed by atoms with van der Waals surface area (Å²) in [6.07, 6.45) is 5.53. The summed E-state index contributed by atoms with van der Waals surface area (Å²) in [5.41, 5.74) is 6.98. The third kappa shape index (κ3) is 8.90. The first kappa shape index (κ1) is 40.1. The van der Waals surface area contributed by atoms with Gasteiger partial charge in [-0.25, -0.2) is 4.98 Å². The highest BCUT2D eigenvalue weighted by molar-refractivity contribution is 7.20. The quantitative estimate of drug-likeness (QED) is 0.0529. The maximum Gasteiger partial charge on any atom is 0.269 e. The topological polar surface area (TPSA) is 35.9 Å². The van der Waals surface area contributed by atoms with Crippen LogP contribution >= 0.6 is 0 Å². The molecule has 0 saturated carbocycles. The first-order chi connectivity index (χ1) is 44.4. The molecule has 0 amide bonds. The maximum atomic E-state index is 9.44. The first-order valence-electron chi connectivity index (χ1n) is 32.3. The molecule has 3 heterocycles. The van der Waals surface area contributed by atoms with Gasteiger partial charge in [-0.05, 0) is 120 Å². The van der Waals surface area contributed by atoms with E-state index in [-0.39, 0.29) is 33.4 Å². The highest BCUT2D eigenvalue weighted by Crippen LogP contribution is 2.39. The predicted octanol–water partition coefficient (Wildman–Crippen LogP) is 15.7. The van der Waals surface area contributed by atoms with Crippen molar-refractivity contribution >= 4 is 61.7 Å². The van der Waals surface area contributed by atoms with Crippen molar-refractivity contribution in [3.63, 3.8) is 0 Å². The molecule has 14 aromatic rings. The van der Waals surface area contributed by atoms with Gasteiger partial charge < -0.3 is 4.74 Å². The van der Waals surface area contributed by atoms with E-state index >= 15 is 0 Å². The van der Waals surface area contributed by atoms with Crippen LogP contribution in [-0.2, 0) is 5.41 Å². The Kier molecular flexibility index (Phi) is 10.2. The van der Waals surface area contributed by atoms with E-state index in [0.717, 1.165) is 65.1 Å². The second kappa shape index (κ2) is 20.8. The number of hydrogen-bond acceptors (Lipinski definition) is 2. The minimum Gasteiger partial charge on any atom is -0.458 e. The molecule has 0 aliphatic rings.